The molecule has 1 heterocycles. The van der Waals surface area contributed by atoms with Crippen molar-refractivity contribution >= 4 is 10.8 Å². The number of aryl methyl sites for hydroxylation is 1. The Labute approximate surface area is 127 Å². The van der Waals surface area contributed by atoms with Gasteiger partial charge in [0.2, 0.25) is 0 Å². The van der Waals surface area contributed by atoms with E-state index in [4.69, 9.17) is 4.74 Å². The van der Waals surface area contributed by atoms with Crippen LogP contribution in [0.3, 0.4) is 0 Å². The summed E-state index contributed by atoms with van der Waals surface area (Å²) in [6.07, 6.45) is 3.76. The SMILES string of the molecule is CC(C)CCNCC1CCc2ccc3ccccc3c2O1. The largest absolute Gasteiger partial charge is 0.488 e. The Hall–Kier alpha value is -1.54. The smallest absolute Gasteiger partial charge is 0.130 e. The molecule has 0 saturated carbocycles. The Bertz CT molecular complexity index is 606. The van der Waals surface area contributed by atoms with Crippen LogP contribution in [0.2, 0.25) is 0 Å². The van der Waals surface area contributed by atoms with Crippen LogP contribution < -0.4 is 10.1 Å². The summed E-state index contributed by atoms with van der Waals surface area (Å²) in [5.41, 5.74) is 1.35. The number of ether oxygens (including phenoxy) is 1. The second-order valence-electron chi connectivity index (χ2n) is 6.44. The molecule has 0 bridgehead atoms. The molecule has 0 radical (unpaired) electrons. The summed E-state index contributed by atoms with van der Waals surface area (Å²) >= 11 is 0. The van der Waals surface area contributed by atoms with E-state index in [1.165, 1.54) is 22.8 Å². The van der Waals surface area contributed by atoms with Gasteiger partial charge in [-0.1, -0.05) is 50.2 Å². The molecular weight excluding hydrogens is 258 g/mol. The van der Waals surface area contributed by atoms with Crippen molar-refractivity contribution in [1.29, 1.82) is 0 Å². The van der Waals surface area contributed by atoms with Gasteiger partial charge in [-0.2, -0.15) is 0 Å². The van der Waals surface area contributed by atoms with Crippen LogP contribution in [0.25, 0.3) is 10.8 Å². The minimum Gasteiger partial charge on any atom is -0.488 e. The molecule has 0 spiro atoms. The van der Waals surface area contributed by atoms with E-state index in [9.17, 15) is 0 Å². The van der Waals surface area contributed by atoms with Crippen LogP contribution in [-0.2, 0) is 6.42 Å². The van der Waals surface area contributed by atoms with Crippen LogP contribution in [0.5, 0.6) is 5.75 Å². The van der Waals surface area contributed by atoms with Gasteiger partial charge in [-0.25, -0.2) is 0 Å². The van der Waals surface area contributed by atoms with Crippen LogP contribution in [0.1, 0.15) is 32.3 Å². The predicted octanol–water partition coefficient (Wildman–Crippen LogP) is 4.17. The number of nitrogens with one attached hydrogen (secondary N) is 1. The summed E-state index contributed by atoms with van der Waals surface area (Å²) in [6, 6.07) is 12.9. The zero-order chi connectivity index (χ0) is 14.7. The summed E-state index contributed by atoms with van der Waals surface area (Å²) < 4.78 is 6.29. The van der Waals surface area contributed by atoms with Crippen molar-refractivity contribution in [3.63, 3.8) is 0 Å². The summed E-state index contributed by atoms with van der Waals surface area (Å²) in [7, 11) is 0. The second kappa shape index (κ2) is 6.48. The summed E-state index contributed by atoms with van der Waals surface area (Å²) in [6.45, 7) is 6.57. The lowest BCUT2D eigenvalue weighted by Gasteiger charge is -2.27. The zero-order valence-corrected chi connectivity index (χ0v) is 13.1. The predicted molar refractivity (Wildman–Crippen MR) is 89.0 cm³/mol. The van der Waals surface area contributed by atoms with Crippen molar-refractivity contribution in [1.82, 2.24) is 5.32 Å². The molecule has 2 aromatic rings. The standard InChI is InChI=1S/C19H25NO/c1-14(2)11-12-20-13-17-10-9-16-8-7-15-5-3-4-6-18(15)19(16)21-17/h3-8,14,17,20H,9-13H2,1-2H3. The number of benzene rings is 2. The van der Waals surface area contributed by atoms with Crippen molar-refractivity contribution in [2.75, 3.05) is 13.1 Å². The number of rotatable bonds is 5. The van der Waals surface area contributed by atoms with E-state index in [1.807, 2.05) is 0 Å². The van der Waals surface area contributed by atoms with E-state index in [1.54, 1.807) is 0 Å². The molecule has 2 nitrogen and oxygen atoms in total. The van der Waals surface area contributed by atoms with Crippen molar-refractivity contribution in [2.24, 2.45) is 5.92 Å². The van der Waals surface area contributed by atoms with Crippen molar-refractivity contribution < 1.29 is 4.74 Å². The van der Waals surface area contributed by atoms with Gasteiger partial charge in [0.15, 0.2) is 0 Å². The Morgan fingerprint density at radius 1 is 1.19 bits per heavy atom. The molecule has 2 aromatic carbocycles. The van der Waals surface area contributed by atoms with Gasteiger partial charge in [-0.05, 0) is 42.7 Å². The minimum absolute atomic E-state index is 0.301. The van der Waals surface area contributed by atoms with Crippen LogP contribution in [-0.4, -0.2) is 19.2 Å². The Balaban J connectivity index is 1.68. The number of fused-ring (bicyclic) bond motifs is 3. The molecule has 0 saturated heterocycles. The summed E-state index contributed by atoms with van der Waals surface area (Å²) in [4.78, 5) is 0. The van der Waals surface area contributed by atoms with E-state index < -0.39 is 0 Å². The maximum Gasteiger partial charge on any atom is 0.130 e. The molecule has 1 atom stereocenters. The molecule has 21 heavy (non-hydrogen) atoms. The second-order valence-corrected chi connectivity index (χ2v) is 6.44. The van der Waals surface area contributed by atoms with Gasteiger partial charge in [-0.3, -0.25) is 0 Å². The average Bonchev–Trinajstić information content (AvgIpc) is 2.51. The molecule has 112 valence electrons. The molecule has 0 aliphatic carbocycles. The molecule has 1 aliphatic heterocycles. The van der Waals surface area contributed by atoms with Crippen molar-refractivity contribution in [2.45, 2.75) is 39.2 Å². The fourth-order valence-corrected chi connectivity index (χ4v) is 2.96. The lowest BCUT2D eigenvalue weighted by atomic mass is 9.97. The maximum atomic E-state index is 6.29. The maximum absolute atomic E-state index is 6.29. The normalized spacial score (nSPS) is 17.8. The fourth-order valence-electron chi connectivity index (χ4n) is 2.96. The topological polar surface area (TPSA) is 21.3 Å². The van der Waals surface area contributed by atoms with Gasteiger partial charge in [-0.15, -0.1) is 0 Å². The lowest BCUT2D eigenvalue weighted by molar-refractivity contribution is 0.173. The van der Waals surface area contributed by atoms with Crippen LogP contribution in [0, 0.1) is 5.92 Å². The van der Waals surface area contributed by atoms with E-state index >= 15 is 0 Å². The highest BCUT2D eigenvalue weighted by atomic mass is 16.5. The van der Waals surface area contributed by atoms with E-state index in [0.717, 1.165) is 37.6 Å². The molecule has 2 heteroatoms. The molecule has 1 unspecified atom stereocenters. The molecule has 3 rings (SSSR count). The number of hydrogen-bond donors (Lipinski definition) is 1. The monoisotopic (exact) mass is 283 g/mol. The van der Waals surface area contributed by atoms with Crippen LogP contribution in [0.15, 0.2) is 36.4 Å². The third-order valence-corrected chi connectivity index (χ3v) is 4.25. The van der Waals surface area contributed by atoms with E-state index in [0.29, 0.717) is 6.10 Å². The molecule has 0 amide bonds. The molecular formula is C19H25NO. The average molecular weight is 283 g/mol. The lowest BCUT2D eigenvalue weighted by Crippen LogP contribution is -2.35. The molecule has 0 aromatic heterocycles. The third-order valence-electron chi connectivity index (χ3n) is 4.25. The summed E-state index contributed by atoms with van der Waals surface area (Å²) in [5, 5.41) is 6.06. The number of hydrogen-bond acceptors (Lipinski definition) is 2. The highest BCUT2D eigenvalue weighted by molar-refractivity contribution is 5.89. The van der Waals surface area contributed by atoms with E-state index in [-0.39, 0.29) is 0 Å². The first-order valence-corrected chi connectivity index (χ1v) is 8.12. The van der Waals surface area contributed by atoms with Crippen molar-refractivity contribution in [3.05, 3.63) is 42.0 Å². The van der Waals surface area contributed by atoms with Crippen molar-refractivity contribution in [3.8, 4) is 5.75 Å². The first kappa shape index (κ1) is 14.4. The molecule has 1 N–H and O–H groups in total. The fraction of sp³-hybridized carbons (Fsp3) is 0.474. The van der Waals surface area contributed by atoms with Gasteiger partial charge >= 0.3 is 0 Å². The van der Waals surface area contributed by atoms with Gasteiger partial charge in [0, 0.05) is 11.9 Å². The Morgan fingerprint density at radius 2 is 2.05 bits per heavy atom. The van der Waals surface area contributed by atoms with E-state index in [2.05, 4.69) is 55.6 Å². The first-order valence-electron chi connectivity index (χ1n) is 8.12. The quantitative estimate of drug-likeness (QED) is 0.832. The van der Waals surface area contributed by atoms with Crippen LogP contribution in [0.4, 0.5) is 0 Å². The Kier molecular flexibility index (Phi) is 4.45. The van der Waals surface area contributed by atoms with Gasteiger partial charge < -0.3 is 10.1 Å². The molecule has 1 aliphatic rings. The Morgan fingerprint density at radius 3 is 2.90 bits per heavy atom. The highest BCUT2D eigenvalue weighted by Crippen LogP contribution is 2.34. The van der Waals surface area contributed by atoms with Gasteiger partial charge in [0.1, 0.15) is 11.9 Å². The van der Waals surface area contributed by atoms with Gasteiger partial charge in [0.25, 0.3) is 0 Å². The van der Waals surface area contributed by atoms with Gasteiger partial charge in [0.05, 0.1) is 0 Å². The minimum atomic E-state index is 0.301. The van der Waals surface area contributed by atoms with Crippen LogP contribution >= 0.6 is 0 Å². The zero-order valence-electron chi connectivity index (χ0n) is 13.1. The third kappa shape index (κ3) is 3.38. The summed E-state index contributed by atoms with van der Waals surface area (Å²) in [5.74, 6) is 1.87. The molecule has 0 fully saturated rings. The first-order chi connectivity index (χ1) is 10.2. The highest BCUT2D eigenvalue weighted by Gasteiger charge is 2.21.